The van der Waals surface area contributed by atoms with Crippen LogP contribution in [0.15, 0.2) is 64.6 Å². The Kier molecular flexibility index (Phi) is 7.82. The fraction of sp³-hybridized carbons (Fsp3) is 0.125. The largest absolute Gasteiger partial charge is 0.369 e. The van der Waals surface area contributed by atoms with Crippen molar-refractivity contribution >= 4 is 46.7 Å². The van der Waals surface area contributed by atoms with Gasteiger partial charge in [0.05, 0.1) is 5.69 Å². The molecule has 0 unspecified atom stereocenters. The van der Waals surface area contributed by atoms with Gasteiger partial charge in [-0.15, -0.1) is 6.42 Å². The molecule has 0 aromatic heterocycles. The molecule has 0 atom stereocenters. The molecule has 7 N–H and O–H groups in total. The first-order valence-corrected chi connectivity index (χ1v) is 10.4. The molecule has 1 heterocycles. The van der Waals surface area contributed by atoms with Gasteiger partial charge in [-0.05, 0) is 53.5 Å². The highest BCUT2D eigenvalue weighted by Crippen LogP contribution is 2.22. The molecular formula is C24H24N8O3. The van der Waals surface area contributed by atoms with E-state index >= 15 is 0 Å². The second-order valence-corrected chi connectivity index (χ2v) is 7.31. The van der Waals surface area contributed by atoms with E-state index in [1.54, 1.807) is 41.3 Å². The molecule has 2 aromatic rings. The Morgan fingerprint density at radius 3 is 2.37 bits per heavy atom. The number of nitrogens with one attached hydrogen (secondary N) is 3. The topological polar surface area (TPSA) is 167 Å². The van der Waals surface area contributed by atoms with Gasteiger partial charge in [-0.2, -0.15) is 4.99 Å². The number of nitrogens with two attached hydrogens (primary N) is 2. The number of aliphatic imine (C=N–C) groups is 2. The Morgan fingerprint density at radius 1 is 1.06 bits per heavy atom. The van der Waals surface area contributed by atoms with Crippen LogP contribution >= 0.6 is 0 Å². The van der Waals surface area contributed by atoms with Crippen LogP contribution in [0.2, 0.25) is 0 Å². The number of urea groups is 1. The Labute approximate surface area is 202 Å². The van der Waals surface area contributed by atoms with Gasteiger partial charge in [-0.1, -0.05) is 18.2 Å². The molecule has 0 fully saturated rings. The maximum Gasteiger partial charge on any atom is 0.325 e. The fourth-order valence-corrected chi connectivity index (χ4v) is 3.20. The Hall–Kier alpha value is -5.11. The van der Waals surface area contributed by atoms with Crippen LogP contribution in [0.1, 0.15) is 15.9 Å². The Bertz CT molecular complexity index is 1260. The van der Waals surface area contributed by atoms with E-state index in [1.165, 1.54) is 7.05 Å². The summed E-state index contributed by atoms with van der Waals surface area (Å²) in [4.78, 5) is 44.9. The molecule has 0 aliphatic carbocycles. The molecular weight excluding hydrogens is 448 g/mol. The molecule has 1 aliphatic heterocycles. The third-order valence-electron chi connectivity index (χ3n) is 4.92. The lowest BCUT2D eigenvalue weighted by atomic mass is 10.1. The first kappa shape index (κ1) is 24.5. The van der Waals surface area contributed by atoms with E-state index in [0.29, 0.717) is 30.0 Å². The third-order valence-corrected chi connectivity index (χ3v) is 4.92. The van der Waals surface area contributed by atoms with Crippen LogP contribution < -0.4 is 27.4 Å². The molecule has 4 amide bonds. The number of carbonyl (C=O) groups excluding carboxylic acids is 3. The van der Waals surface area contributed by atoms with Crippen LogP contribution in [0.3, 0.4) is 0 Å². The number of amides is 4. The molecule has 0 bridgehead atoms. The van der Waals surface area contributed by atoms with E-state index in [2.05, 4.69) is 31.9 Å². The van der Waals surface area contributed by atoms with E-state index < -0.39 is 6.03 Å². The average Bonchev–Trinajstić information content (AvgIpc) is 3.34. The number of hydrogen-bond acceptors (Lipinski definition) is 4. The van der Waals surface area contributed by atoms with Crippen molar-refractivity contribution in [3.63, 3.8) is 0 Å². The molecule has 2 aromatic carbocycles. The molecule has 11 nitrogen and oxygen atoms in total. The zero-order valence-corrected chi connectivity index (χ0v) is 18.9. The van der Waals surface area contributed by atoms with Crippen molar-refractivity contribution < 1.29 is 14.4 Å². The van der Waals surface area contributed by atoms with E-state index in [0.717, 1.165) is 11.1 Å². The highest BCUT2D eigenvalue weighted by Gasteiger charge is 2.18. The Balaban J connectivity index is 1.54. The SMILES string of the molecule is C#CC(=O)N1CC=C(c2ccc(NC(=O)N/C(N)=N\C(N)=Nc3ccc(C(=O)NC)cc3)cc2)C1. The molecule has 0 saturated carbocycles. The molecule has 0 saturated heterocycles. The summed E-state index contributed by atoms with van der Waals surface area (Å²) in [6, 6.07) is 12.8. The average molecular weight is 473 g/mol. The number of benzene rings is 2. The highest BCUT2D eigenvalue weighted by atomic mass is 16.2. The van der Waals surface area contributed by atoms with Gasteiger partial charge in [0.15, 0.2) is 0 Å². The number of guanidine groups is 2. The number of terminal acetylenes is 1. The summed E-state index contributed by atoms with van der Waals surface area (Å²) in [5.74, 6) is 1.10. The molecule has 1 aliphatic rings. The van der Waals surface area contributed by atoms with Crippen LogP contribution in [0.25, 0.3) is 5.57 Å². The zero-order valence-electron chi connectivity index (χ0n) is 18.9. The number of rotatable bonds is 4. The van der Waals surface area contributed by atoms with Crippen molar-refractivity contribution in [2.75, 3.05) is 25.5 Å². The van der Waals surface area contributed by atoms with E-state index in [-0.39, 0.29) is 23.7 Å². The molecule has 0 spiro atoms. The van der Waals surface area contributed by atoms with E-state index in [1.807, 2.05) is 18.2 Å². The molecule has 11 heteroatoms. The summed E-state index contributed by atoms with van der Waals surface area (Å²) in [7, 11) is 1.54. The summed E-state index contributed by atoms with van der Waals surface area (Å²) >= 11 is 0. The van der Waals surface area contributed by atoms with Crippen LogP contribution in [-0.2, 0) is 4.79 Å². The lowest BCUT2D eigenvalue weighted by Crippen LogP contribution is -2.40. The monoisotopic (exact) mass is 472 g/mol. The molecule has 178 valence electrons. The first-order chi connectivity index (χ1) is 16.8. The second-order valence-electron chi connectivity index (χ2n) is 7.31. The van der Waals surface area contributed by atoms with Crippen LogP contribution in [0.4, 0.5) is 16.2 Å². The summed E-state index contributed by atoms with van der Waals surface area (Å²) in [5.41, 5.74) is 14.8. The van der Waals surface area contributed by atoms with Gasteiger partial charge in [0.2, 0.25) is 11.9 Å². The van der Waals surface area contributed by atoms with Gasteiger partial charge in [-0.25, -0.2) is 9.79 Å². The van der Waals surface area contributed by atoms with E-state index in [9.17, 15) is 14.4 Å². The molecule has 3 rings (SSSR count). The minimum Gasteiger partial charge on any atom is -0.369 e. The smallest absolute Gasteiger partial charge is 0.325 e. The van der Waals surface area contributed by atoms with Crippen molar-refractivity contribution in [2.24, 2.45) is 21.5 Å². The zero-order chi connectivity index (χ0) is 25.4. The minimum atomic E-state index is -0.618. The van der Waals surface area contributed by atoms with Crippen molar-refractivity contribution in [2.45, 2.75) is 0 Å². The number of nitrogens with zero attached hydrogens (tertiary/aromatic N) is 3. The third kappa shape index (κ3) is 6.69. The lowest BCUT2D eigenvalue weighted by Gasteiger charge is -2.13. The lowest BCUT2D eigenvalue weighted by molar-refractivity contribution is -0.123. The van der Waals surface area contributed by atoms with Crippen LogP contribution in [0, 0.1) is 12.3 Å². The maximum absolute atomic E-state index is 12.2. The van der Waals surface area contributed by atoms with Gasteiger partial charge in [0, 0.05) is 31.4 Å². The predicted molar refractivity (Wildman–Crippen MR) is 135 cm³/mol. The van der Waals surface area contributed by atoms with Crippen LogP contribution in [0.5, 0.6) is 0 Å². The summed E-state index contributed by atoms with van der Waals surface area (Å²) in [5, 5.41) is 7.51. The first-order valence-electron chi connectivity index (χ1n) is 10.4. The highest BCUT2D eigenvalue weighted by molar-refractivity contribution is 6.05. The quantitative estimate of drug-likeness (QED) is 0.254. The van der Waals surface area contributed by atoms with Gasteiger partial charge >= 0.3 is 6.03 Å². The van der Waals surface area contributed by atoms with Gasteiger partial charge < -0.3 is 27.0 Å². The summed E-state index contributed by atoms with van der Waals surface area (Å²) in [6.45, 7) is 0.900. The fourth-order valence-electron chi connectivity index (χ4n) is 3.20. The van der Waals surface area contributed by atoms with Crippen molar-refractivity contribution in [1.29, 1.82) is 0 Å². The second kappa shape index (κ2) is 11.2. The van der Waals surface area contributed by atoms with Crippen molar-refractivity contribution in [1.82, 2.24) is 15.5 Å². The van der Waals surface area contributed by atoms with E-state index in [4.69, 9.17) is 17.9 Å². The number of hydrogen-bond donors (Lipinski definition) is 5. The van der Waals surface area contributed by atoms with Crippen molar-refractivity contribution in [3.05, 3.63) is 65.7 Å². The van der Waals surface area contributed by atoms with Gasteiger partial charge in [0.1, 0.15) is 0 Å². The standard InChI is InChI=1S/C24H24N8O3/c1-3-20(33)32-13-12-17(14-32)15-4-8-19(9-5-15)29-24(35)31-23(26)30-22(25)28-18-10-6-16(7-11-18)21(34)27-2/h1,4-12H,13-14H2,2H3,(H,27,34)(H6,25,26,28,29,30,31,35). The number of anilines is 1. The normalized spacial score (nSPS) is 13.5. The Morgan fingerprint density at radius 2 is 1.74 bits per heavy atom. The number of carbonyl (C=O) groups is 3. The van der Waals surface area contributed by atoms with Gasteiger partial charge in [0.25, 0.3) is 11.8 Å². The predicted octanol–water partition coefficient (Wildman–Crippen LogP) is 0.988. The summed E-state index contributed by atoms with van der Waals surface area (Å²) in [6.07, 6.45) is 7.10. The summed E-state index contributed by atoms with van der Waals surface area (Å²) < 4.78 is 0. The minimum absolute atomic E-state index is 0.179. The maximum atomic E-state index is 12.2. The van der Waals surface area contributed by atoms with Crippen molar-refractivity contribution in [3.8, 4) is 12.3 Å². The van der Waals surface area contributed by atoms with Crippen LogP contribution in [-0.4, -0.2) is 54.8 Å². The van der Waals surface area contributed by atoms with Gasteiger partial charge in [-0.3, -0.25) is 14.9 Å². The molecule has 35 heavy (non-hydrogen) atoms. The molecule has 0 radical (unpaired) electrons.